The first kappa shape index (κ1) is 14.2. The first-order valence-electron chi connectivity index (χ1n) is 6.40. The Balaban J connectivity index is 1.94. The van der Waals surface area contributed by atoms with Crippen molar-refractivity contribution >= 4 is 33.0 Å². The third-order valence-corrected chi connectivity index (χ3v) is 4.81. The maximum atomic E-state index is 12.4. The molecule has 3 rings (SSSR count). The summed E-state index contributed by atoms with van der Waals surface area (Å²) < 4.78 is 0.988. The van der Waals surface area contributed by atoms with E-state index in [4.69, 9.17) is 0 Å². The lowest BCUT2D eigenvalue weighted by Crippen LogP contribution is -2.09. The molecule has 0 fully saturated rings. The fourth-order valence-corrected chi connectivity index (χ4v) is 3.37. The van der Waals surface area contributed by atoms with Gasteiger partial charge in [-0.1, -0.05) is 34.1 Å². The molecule has 0 aliphatic rings. The van der Waals surface area contributed by atoms with Gasteiger partial charge in [0.05, 0.1) is 16.7 Å². The van der Waals surface area contributed by atoms with Crippen LogP contribution in [0.25, 0.3) is 0 Å². The predicted octanol–water partition coefficient (Wildman–Crippen LogP) is 4.03. The molecule has 106 valence electrons. The summed E-state index contributed by atoms with van der Waals surface area (Å²) in [7, 11) is 0. The number of hydrogen-bond acceptors (Lipinski definition) is 4. The molecule has 0 aliphatic carbocycles. The molecule has 1 aromatic carbocycles. The third-order valence-electron chi connectivity index (χ3n) is 3.27. The number of carbonyl (C=O) groups excluding carboxylic acids is 1. The molecule has 0 saturated carbocycles. The van der Waals surface area contributed by atoms with Crippen molar-refractivity contribution in [2.45, 2.75) is 12.3 Å². The van der Waals surface area contributed by atoms with Crippen LogP contribution in [0, 0.1) is 0 Å². The number of Topliss-reactive ketones (excluding diaryl/α,β-unsaturated/α-hetero) is 1. The van der Waals surface area contributed by atoms with Crippen molar-refractivity contribution in [3.63, 3.8) is 0 Å². The van der Waals surface area contributed by atoms with E-state index in [9.17, 15) is 4.79 Å². The lowest BCUT2D eigenvalue weighted by molar-refractivity contribution is 0.0981. The monoisotopic (exact) mass is 361 g/mol. The van der Waals surface area contributed by atoms with Crippen LogP contribution < -0.4 is 0 Å². The van der Waals surface area contributed by atoms with E-state index in [-0.39, 0.29) is 11.7 Å². The van der Waals surface area contributed by atoms with Crippen molar-refractivity contribution in [3.05, 3.63) is 69.1 Å². The Bertz CT molecular complexity index is 725. The lowest BCUT2D eigenvalue weighted by Gasteiger charge is -2.16. The van der Waals surface area contributed by atoms with Gasteiger partial charge in [-0.15, -0.1) is 11.3 Å². The van der Waals surface area contributed by atoms with Gasteiger partial charge in [0.1, 0.15) is 0 Å². The predicted molar refractivity (Wildman–Crippen MR) is 85.6 cm³/mol. The highest BCUT2D eigenvalue weighted by molar-refractivity contribution is 9.10. The molecule has 0 bridgehead atoms. The van der Waals surface area contributed by atoms with Crippen LogP contribution in [0.15, 0.2) is 53.0 Å². The van der Waals surface area contributed by atoms with E-state index < -0.39 is 0 Å². The molecule has 4 nitrogen and oxygen atoms in total. The maximum Gasteiger partial charge on any atom is 0.175 e. The normalized spacial score (nSPS) is 12.2. The summed E-state index contributed by atoms with van der Waals surface area (Å²) in [6, 6.07) is 7.94. The van der Waals surface area contributed by atoms with E-state index in [1.807, 2.05) is 24.3 Å². The minimum atomic E-state index is -0.0577. The number of aromatic amines is 1. The Morgan fingerprint density at radius 2 is 2.14 bits per heavy atom. The number of halogens is 1. The summed E-state index contributed by atoms with van der Waals surface area (Å²) >= 11 is 4.94. The van der Waals surface area contributed by atoms with Crippen LogP contribution in [-0.4, -0.2) is 20.7 Å². The average molecular weight is 362 g/mol. The quantitative estimate of drug-likeness (QED) is 0.697. The number of rotatable bonds is 5. The van der Waals surface area contributed by atoms with Crippen molar-refractivity contribution in [1.82, 2.24) is 15.0 Å². The van der Waals surface area contributed by atoms with Gasteiger partial charge in [-0.2, -0.15) is 0 Å². The third kappa shape index (κ3) is 3.11. The molecule has 0 amide bonds. The first-order valence-corrected chi connectivity index (χ1v) is 8.07. The van der Waals surface area contributed by atoms with Crippen LogP contribution in [0.3, 0.4) is 0 Å². The van der Waals surface area contributed by atoms with E-state index in [2.05, 4.69) is 30.9 Å². The highest BCUT2D eigenvalue weighted by Gasteiger charge is 2.22. The van der Waals surface area contributed by atoms with E-state index >= 15 is 0 Å². The molecule has 1 atom stereocenters. The van der Waals surface area contributed by atoms with Crippen molar-refractivity contribution in [2.24, 2.45) is 0 Å². The molecule has 0 saturated heterocycles. The maximum absolute atomic E-state index is 12.4. The summed E-state index contributed by atoms with van der Waals surface area (Å²) in [5.41, 5.74) is 3.68. The minimum Gasteiger partial charge on any atom is -0.348 e. The number of carbonyl (C=O) groups is 1. The van der Waals surface area contributed by atoms with Crippen molar-refractivity contribution in [2.75, 3.05) is 0 Å². The van der Waals surface area contributed by atoms with Gasteiger partial charge in [-0.05, 0) is 11.6 Å². The van der Waals surface area contributed by atoms with E-state index in [0.29, 0.717) is 11.3 Å². The molecule has 3 aromatic rings. The molecular weight excluding hydrogens is 350 g/mol. The van der Waals surface area contributed by atoms with Crippen LogP contribution >= 0.6 is 27.3 Å². The van der Waals surface area contributed by atoms with E-state index in [1.54, 1.807) is 24.2 Å². The number of H-pyrrole nitrogens is 1. The van der Waals surface area contributed by atoms with Gasteiger partial charge in [0.25, 0.3) is 0 Å². The SMILES string of the molecule is O=C(CC(c1cnc[nH]1)c1ccccc1Br)c1cncs1. The molecular formula is C15H12BrN3OS. The number of nitrogens with one attached hydrogen (secondary N) is 1. The molecule has 0 spiro atoms. The summed E-state index contributed by atoms with van der Waals surface area (Å²) in [5.74, 6) is 0.0329. The first-order chi connectivity index (χ1) is 10.3. The zero-order valence-electron chi connectivity index (χ0n) is 11.0. The zero-order chi connectivity index (χ0) is 14.7. The number of benzene rings is 1. The van der Waals surface area contributed by atoms with Gasteiger partial charge >= 0.3 is 0 Å². The van der Waals surface area contributed by atoms with E-state index in [0.717, 1.165) is 15.7 Å². The standard InChI is InChI=1S/C15H12BrN3OS/c16-12-4-2-1-3-10(12)11(13-6-17-8-19-13)5-14(20)15-7-18-9-21-15/h1-4,6-9,11H,5H2,(H,17,19). The topological polar surface area (TPSA) is 58.6 Å². The summed E-state index contributed by atoms with van der Waals surface area (Å²) in [4.78, 5) is 24.3. The van der Waals surface area contributed by atoms with Gasteiger partial charge in [0.2, 0.25) is 0 Å². The van der Waals surface area contributed by atoms with Gasteiger partial charge in [-0.3, -0.25) is 9.78 Å². The van der Waals surface area contributed by atoms with Crippen molar-refractivity contribution in [1.29, 1.82) is 0 Å². The van der Waals surface area contributed by atoms with Crippen molar-refractivity contribution in [3.8, 4) is 0 Å². The summed E-state index contributed by atoms with van der Waals surface area (Å²) in [6.45, 7) is 0. The largest absolute Gasteiger partial charge is 0.348 e. The van der Waals surface area contributed by atoms with Crippen LogP contribution in [0.1, 0.15) is 33.3 Å². The number of ketones is 1. The number of hydrogen-bond donors (Lipinski definition) is 1. The average Bonchev–Trinajstić information content (AvgIpc) is 3.18. The number of thiazole rings is 1. The van der Waals surface area contributed by atoms with Crippen LogP contribution in [0.2, 0.25) is 0 Å². The molecule has 0 aliphatic heterocycles. The smallest absolute Gasteiger partial charge is 0.175 e. The molecule has 21 heavy (non-hydrogen) atoms. The number of nitrogens with zero attached hydrogens (tertiary/aromatic N) is 2. The highest BCUT2D eigenvalue weighted by atomic mass is 79.9. The number of imidazole rings is 1. The molecule has 0 radical (unpaired) electrons. The fourth-order valence-electron chi connectivity index (χ4n) is 2.24. The fraction of sp³-hybridized carbons (Fsp3) is 0.133. The van der Waals surface area contributed by atoms with Gasteiger partial charge in [0.15, 0.2) is 5.78 Å². The molecule has 1 N–H and O–H groups in total. The minimum absolute atomic E-state index is 0.0577. The van der Waals surface area contributed by atoms with Gasteiger partial charge in [-0.25, -0.2) is 4.98 Å². The van der Waals surface area contributed by atoms with Crippen LogP contribution in [0.4, 0.5) is 0 Å². The Morgan fingerprint density at radius 3 is 2.81 bits per heavy atom. The van der Waals surface area contributed by atoms with Gasteiger partial charge in [0, 0.05) is 34.9 Å². The molecule has 1 unspecified atom stereocenters. The Kier molecular flexibility index (Phi) is 4.26. The highest BCUT2D eigenvalue weighted by Crippen LogP contribution is 2.33. The second-order valence-corrected chi connectivity index (χ2v) is 6.31. The van der Waals surface area contributed by atoms with E-state index in [1.165, 1.54) is 11.3 Å². The van der Waals surface area contributed by atoms with Crippen LogP contribution in [-0.2, 0) is 0 Å². The Morgan fingerprint density at radius 1 is 1.29 bits per heavy atom. The molecule has 2 heterocycles. The zero-order valence-corrected chi connectivity index (χ0v) is 13.4. The second-order valence-electron chi connectivity index (χ2n) is 4.57. The van der Waals surface area contributed by atoms with Crippen molar-refractivity contribution < 1.29 is 4.79 Å². The lowest BCUT2D eigenvalue weighted by atomic mass is 9.91. The van der Waals surface area contributed by atoms with Gasteiger partial charge < -0.3 is 4.98 Å². The Hall–Kier alpha value is -1.79. The molecule has 6 heteroatoms. The molecule has 2 aromatic heterocycles. The second kappa shape index (κ2) is 6.32. The summed E-state index contributed by atoms with van der Waals surface area (Å²) in [6.07, 6.45) is 5.41. The van der Waals surface area contributed by atoms with Crippen LogP contribution in [0.5, 0.6) is 0 Å². The number of aromatic nitrogens is 3. The Labute approximate surface area is 134 Å². The summed E-state index contributed by atoms with van der Waals surface area (Å²) in [5, 5.41) is 0.